The Kier molecular flexibility index (Phi) is 11.1. The maximum Gasteiger partial charge on any atom is 0.321 e. The van der Waals surface area contributed by atoms with Crippen LogP contribution in [-0.4, -0.2) is 109 Å². The number of urea groups is 1. The quantitative estimate of drug-likeness (QED) is 0.328. The van der Waals surface area contributed by atoms with Gasteiger partial charge in [-0.3, -0.25) is 14.5 Å². The van der Waals surface area contributed by atoms with Crippen molar-refractivity contribution in [1.29, 1.82) is 0 Å². The van der Waals surface area contributed by atoms with Crippen molar-refractivity contribution in [3.63, 3.8) is 0 Å². The number of nitrogens with zero attached hydrogens (tertiary/aromatic N) is 3. The van der Waals surface area contributed by atoms with Crippen LogP contribution in [0.5, 0.6) is 5.75 Å². The fraction of sp³-hybridized carbons (Fsp3) is 0.457. The average Bonchev–Trinajstić information content (AvgIpc) is 3.11. The molecule has 0 aliphatic carbocycles. The van der Waals surface area contributed by atoms with Gasteiger partial charge in [-0.2, -0.15) is 0 Å². The SMILES string of the molecule is C[C@@H]1CN([C@@H](C)CO)C(=O)Cc2cc(NC(=O)CCN3CCOCC3)ccc2O[C@H]1CN(C)C(=O)Nc1cccc2ccccc12. The van der Waals surface area contributed by atoms with E-state index in [2.05, 4.69) is 15.5 Å². The first-order valence-electron chi connectivity index (χ1n) is 16.0. The molecule has 0 bridgehead atoms. The van der Waals surface area contributed by atoms with Gasteiger partial charge in [-0.1, -0.05) is 43.3 Å². The molecule has 2 aliphatic heterocycles. The molecule has 11 heteroatoms. The van der Waals surface area contributed by atoms with E-state index in [-0.39, 0.29) is 43.3 Å². The number of fused-ring (bicyclic) bond motifs is 2. The van der Waals surface area contributed by atoms with Gasteiger partial charge < -0.3 is 35.0 Å². The van der Waals surface area contributed by atoms with Gasteiger partial charge in [-0.15, -0.1) is 0 Å². The predicted molar refractivity (Wildman–Crippen MR) is 178 cm³/mol. The third-order valence-electron chi connectivity index (χ3n) is 8.79. The number of amides is 4. The highest BCUT2D eigenvalue weighted by Crippen LogP contribution is 2.30. The van der Waals surface area contributed by atoms with Crippen LogP contribution in [-0.2, 0) is 20.7 Å². The Morgan fingerprint density at radius 3 is 2.61 bits per heavy atom. The van der Waals surface area contributed by atoms with E-state index in [0.717, 1.165) is 29.5 Å². The second kappa shape index (κ2) is 15.4. The third-order valence-corrected chi connectivity index (χ3v) is 8.79. The molecule has 0 spiro atoms. The number of aliphatic hydroxyl groups excluding tert-OH is 1. The zero-order valence-electron chi connectivity index (χ0n) is 26.9. The molecule has 0 unspecified atom stereocenters. The zero-order chi connectivity index (χ0) is 32.6. The lowest BCUT2D eigenvalue weighted by Gasteiger charge is -2.34. The molecule has 3 aromatic carbocycles. The number of morpholine rings is 1. The number of carbonyl (C=O) groups is 3. The lowest BCUT2D eigenvalue weighted by molar-refractivity contribution is -0.134. The molecule has 1 fully saturated rings. The topological polar surface area (TPSA) is 124 Å². The Morgan fingerprint density at radius 1 is 1.07 bits per heavy atom. The molecule has 2 aliphatic rings. The summed E-state index contributed by atoms with van der Waals surface area (Å²) in [7, 11) is 1.72. The van der Waals surface area contributed by atoms with Gasteiger partial charge in [0.05, 0.1) is 44.5 Å². The normalized spacial score (nSPS) is 19.7. The molecule has 4 amide bonds. The molecule has 11 nitrogen and oxygen atoms in total. The van der Waals surface area contributed by atoms with E-state index >= 15 is 0 Å². The molecule has 0 saturated carbocycles. The molecular weight excluding hydrogens is 586 g/mol. The first kappa shape index (κ1) is 33.2. The second-order valence-electron chi connectivity index (χ2n) is 12.3. The minimum Gasteiger partial charge on any atom is -0.488 e. The number of nitrogens with one attached hydrogen (secondary N) is 2. The van der Waals surface area contributed by atoms with Crippen molar-refractivity contribution in [2.75, 3.05) is 70.2 Å². The van der Waals surface area contributed by atoms with Gasteiger partial charge >= 0.3 is 6.03 Å². The van der Waals surface area contributed by atoms with Crippen LogP contribution >= 0.6 is 0 Å². The summed E-state index contributed by atoms with van der Waals surface area (Å²) in [5, 5.41) is 17.9. The minimum atomic E-state index is -0.463. The van der Waals surface area contributed by atoms with E-state index in [1.54, 1.807) is 35.0 Å². The molecule has 246 valence electrons. The largest absolute Gasteiger partial charge is 0.488 e. The van der Waals surface area contributed by atoms with E-state index in [0.29, 0.717) is 49.7 Å². The Morgan fingerprint density at radius 2 is 1.83 bits per heavy atom. The highest BCUT2D eigenvalue weighted by Gasteiger charge is 2.32. The Bertz CT molecular complexity index is 1520. The van der Waals surface area contributed by atoms with Crippen LogP contribution in [0, 0.1) is 5.92 Å². The summed E-state index contributed by atoms with van der Waals surface area (Å²) < 4.78 is 12.0. The number of carbonyl (C=O) groups excluding carboxylic acids is 3. The fourth-order valence-electron chi connectivity index (χ4n) is 5.93. The van der Waals surface area contributed by atoms with Crippen LogP contribution < -0.4 is 15.4 Å². The van der Waals surface area contributed by atoms with E-state index in [1.165, 1.54) is 0 Å². The number of likely N-dealkylation sites (N-methyl/N-ethyl adjacent to an activating group) is 1. The smallest absolute Gasteiger partial charge is 0.321 e. The first-order chi connectivity index (χ1) is 22.2. The lowest BCUT2D eigenvalue weighted by atomic mass is 10.0. The Hall–Kier alpha value is -4.19. The van der Waals surface area contributed by atoms with Crippen molar-refractivity contribution < 1.29 is 29.0 Å². The lowest BCUT2D eigenvalue weighted by Crippen LogP contribution is -2.48. The predicted octanol–water partition coefficient (Wildman–Crippen LogP) is 3.81. The monoisotopic (exact) mass is 631 g/mol. The maximum absolute atomic E-state index is 13.6. The van der Waals surface area contributed by atoms with Gasteiger partial charge in [0.15, 0.2) is 0 Å². The Balaban J connectivity index is 1.32. The van der Waals surface area contributed by atoms with E-state index in [4.69, 9.17) is 9.47 Å². The highest BCUT2D eigenvalue weighted by atomic mass is 16.5. The molecule has 0 radical (unpaired) electrons. The molecule has 2 heterocycles. The van der Waals surface area contributed by atoms with E-state index in [9.17, 15) is 19.5 Å². The van der Waals surface area contributed by atoms with Gasteiger partial charge in [-0.05, 0) is 36.6 Å². The zero-order valence-corrected chi connectivity index (χ0v) is 26.9. The molecule has 1 saturated heterocycles. The van der Waals surface area contributed by atoms with Crippen molar-refractivity contribution in [2.24, 2.45) is 5.92 Å². The van der Waals surface area contributed by atoms with Crippen LogP contribution in [0.3, 0.4) is 0 Å². The van der Waals surface area contributed by atoms with Crippen LogP contribution in [0.2, 0.25) is 0 Å². The van der Waals surface area contributed by atoms with Gasteiger partial charge in [-0.25, -0.2) is 4.79 Å². The second-order valence-corrected chi connectivity index (χ2v) is 12.3. The number of hydrogen-bond acceptors (Lipinski definition) is 7. The van der Waals surface area contributed by atoms with E-state index < -0.39 is 12.1 Å². The number of benzene rings is 3. The van der Waals surface area contributed by atoms with Crippen molar-refractivity contribution in [3.8, 4) is 5.75 Å². The molecule has 3 atom stereocenters. The van der Waals surface area contributed by atoms with Crippen LogP contribution in [0.4, 0.5) is 16.2 Å². The minimum absolute atomic E-state index is 0.0496. The van der Waals surface area contributed by atoms with Gasteiger partial charge in [0, 0.05) is 62.2 Å². The standard InChI is InChI=1S/C35H45N5O6/c1-24-21-40(25(2)23-41)34(43)20-27-19-28(36-33(42)13-14-39-15-17-45-18-16-39)11-12-31(27)46-32(24)22-38(3)35(44)37-30-10-6-8-26-7-4-5-9-29(26)30/h4-12,19,24-25,32,41H,13-18,20-23H2,1-3H3,(H,36,42)(H,37,44)/t24-,25+,32+/m1/s1. The van der Waals surface area contributed by atoms with Crippen LogP contribution in [0.1, 0.15) is 25.8 Å². The van der Waals surface area contributed by atoms with Gasteiger partial charge in [0.25, 0.3) is 0 Å². The van der Waals surface area contributed by atoms with Crippen molar-refractivity contribution in [2.45, 2.75) is 38.8 Å². The van der Waals surface area contributed by atoms with Crippen LogP contribution in [0.15, 0.2) is 60.7 Å². The van der Waals surface area contributed by atoms with E-state index in [1.807, 2.05) is 56.3 Å². The summed E-state index contributed by atoms with van der Waals surface area (Å²) in [6.45, 7) is 7.86. The summed E-state index contributed by atoms with van der Waals surface area (Å²) in [5.74, 6) is 0.105. The number of ether oxygens (including phenoxy) is 2. The summed E-state index contributed by atoms with van der Waals surface area (Å²) in [5.41, 5.74) is 1.93. The highest BCUT2D eigenvalue weighted by molar-refractivity contribution is 6.01. The number of aliphatic hydroxyl groups is 1. The van der Waals surface area contributed by atoms with Crippen molar-refractivity contribution >= 4 is 40.0 Å². The fourth-order valence-corrected chi connectivity index (χ4v) is 5.93. The summed E-state index contributed by atoms with van der Waals surface area (Å²) in [6, 6.07) is 18.3. The summed E-state index contributed by atoms with van der Waals surface area (Å²) in [6.07, 6.45) is -0.0648. The van der Waals surface area contributed by atoms with Crippen molar-refractivity contribution in [3.05, 3.63) is 66.2 Å². The molecule has 0 aromatic heterocycles. The average molecular weight is 632 g/mol. The molecule has 3 N–H and O–H groups in total. The summed E-state index contributed by atoms with van der Waals surface area (Å²) in [4.78, 5) is 45.2. The van der Waals surface area contributed by atoms with Gasteiger partial charge in [0.2, 0.25) is 11.8 Å². The third kappa shape index (κ3) is 8.34. The van der Waals surface area contributed by atoms with Gasteiger partial charge in [0.1, 0.15) is 11.9 Å². The number of rotatable bonds is 9. The van der Waals surface area contributed by atoms with Crippen LogP contribution in [0.25, 0.3) is 10.8 Å². The maximum atomic E-state index is 13.6. The summed E-state index contributed by atoms with van der Waals surface area (Å²) >= 11 is 0. The molecule has 5 rings (SSSR count). The first-order valence-corrected chi connectivity index (χ1v) is 16.0. The van der Waals surface area contributed by atoms with Crippen molar-refractivity contribution in [1.82, 2.24) is 14.7 Å². The number of anilines is 2. The molecule has 46 heavy (non-hydrogen) atoms. The molecular formula is C35H45N5O6. The number of hydrogen-bond donors (Lipinski definition) is 3. The molecule has 3 aromatic rings. The Labute approximate surface area is 270 Å².